The maximum Gasteiger partial charge on any atom is 0.258 e. The first-order chi connectivity index (χ1) is 11.1. The van der Waals surface area contributed by atoms with Crippen LogP contribution in [-0.2, 0) is 0 Å². The summed E-state index contributed by atoms with van der Waals surface area (Å²) >= 11 is 5.97. The van der Waals surface area contributed by atoms with E-state index in [2.05, 4.69) is 14.9 Å². The van der Waals surface area contributed by atoms with Gasteiger partial charge in [-0.15, -0.1) is 0 Å². The predicted octanol–water partition coefficient (Wildman–Crippen LogP) is 2.54. The van der Waals surface area contributed by atoms with Crippen molar-refractivity contribution in [2.24, 2.45) is 0 Å². The van der Waals surface area contributed by atoms with Crippen molar-refractivity contribution >= 4 is 23.3 Å². The lowest BCUT2D eigenvalue weighted by Gasteiger charge is -2.35. The van der Waals surface area contributed by atoms with Crippen molar-refractivity contribution in [1.82, 2.24) is 14.9 Å². The third kappa shape index (κ3) is 3.27. The minimum atomic E-state index is -0.587. The summed E-state index contributed by atoms with van der Waals surface area (Å²) in [5, 5.41) is 0.142. The molecule has 5 nitrogen and oxygen atoms in total. The van der Waals surface area contributed by atoms with E-state index in [-0.39, 0.29) is 16.5 Å². The van der Waals surface area contributed by atoms with Gasteiger partial charge >= 0.3 is 0 Å². The van der Waals surface area contributed by atoms with Crippen molar-refractivity contribution in [3.05, 3.63) is 52.7 Å². The van der Waals surface area contributed by atoms with Crippen molar-refractivity contribution in [2.75, 3.05) is 31.1 Å². The van der Waals surface area contributed by atoms with Crippen LogP contribution in [0.3, 0.4) is 0 Å². The van der Waals surface area contributed by atoms with Crippen LogP contribution in [0.2, 0.25) is 5.02 Å². The average Bonchev–Trinajstić information content (AvgIpc) is 2.55. The monoisotopic (exact) mass is 334 g/mol. The number of hydrogen-bond donors (Lipinski definition) is 0. The van der Waals surface area contributed by atoms with Gasteiger partial charge in [-0.25, -0.2) is 14.4 Å². The summed E-state index contributed by atoms with van der Waals surface area (Å²) in [4.78, 5) is 24.5. The molecule has 1 saturated heterocycles. The van der Waals surface area contributed by atoms with Crippen LogP contribution in [0.25, 0.3) is 0 Å². The summed E-state index contributed by atoms with van der Waals surface area (Å²) < 4.78 is 13.9. The Balaban J connectivity index is 1.70. The highest BCUT2D eigenvalue weighted by atomic mass is 35.5. The van der Waals surface area contributed by atoms with Crippen molar-refractivity contribution in [2.45, 2.75) is 6.92 Å². The van der Waals surface area contributed by atoms with Crippen molar-refractivity contribution in [3.8, 4) is 0 Å². The lowest BCUT2D eigenvalue weighted by Crippen LogP contribution is -2.49. The SMILES string of the molecule is Cc1cc(N2CCN(C(=O)c3c(F)cccc3Cl)CC2)ncn1. The molecule has 0 spiro atoms. The largest absolute Gasteiger partial charge is 0.353 e. The fraction of sp³-hybridized carbons (Fsp3) is 0.312. The summed E-state index contributed by atoms with van der Waals surface area (Å²) in [5.41, 5.74) is 0.840. The van der Waals surface area contributed by atoms with Gasteiger partial charge in [-0.3, -0.25) is 4.79 Å². The standard InChI is InChI=1S/C16H16ClFN4O/c1-11-9-14(20-10-19-11)21-5-7-22(8-6-21)16(23)15-12(17)3-2-4-13(15)18/h2-4,9-10H,5-8H2,1H3. The van der Waals surface area contributed by atoms with Crippen molar-refractivity contribution in [1.29, 1.82) is 0 Å². The first-order valence-corrected chi connectivity index (χ1v) is 7.71. The Morgan fingerprint density at radius 2 is 1.96 bits per heavy atom. The zero-order valence-electron chi connectivity index (χ0n) is 12.7. The maximum atomic E-state index is 13.9. The lowest BCUT2D eigenvalue weighted by molar-refractivity contribution is 0.0742. The minimum absolute atomic E-state index is 0.0551. The number of anilines is 1. The van der Waals surface area contributed by atoms with E-state index in [0.29, 0.717) is 26.2 Å². The number of piperazine rings is 1. The van der Waals surface area contributed by atoms with Crippen LogP contribution in [0.15, 0.2) is 30.6 Å². The van der Waals surface area contributed by atoms with Gasteiger partial charge in [-0.2, -0.15) is 0 Å². The van der Waals surface area contributed by atoms with Gasteiger partial charge in [0.25, 0.3) is 5.91 Å². The van der Waals surface area contributed by atoms with Gasteiger partial charge in [0.05, 0.1) is 10.6 Å². The molecule has 1 aliphatic heterocycles. The van der Waals surface area contributed by atoms with E-state index in [9.17, 15) is 9.18 Å². The van der Waals surface area contributed by atoms with Gasteiger partial charge in [0.1, 0.15) is 18.0 Å². The Morgan fingerprint density at radius 3 is 2.61 bits per heavy atom. The van der Waals surface area contributed by atoms with Crippen LogP contribution in [0, 0.1) is 12.7 Å². The number of carbonyl (C=O) groups is 1. The Labute approximate surface area is 138 Å². The summed E-state index contributed by atoms with van der Waals surface area (Å²) in [6, 6.07) is 6.17. The molecule has 1 aromatic carbocycles. The van der Waals surface area contributed by atoms with Crippen LogP contribution in [0.4, 0.5) is 10.2 Å². The van der Waals surface area contributed by atoms with Crippen LogP contribution in [0.1, 0.15) is 16.1 Å². The minimum Gasteiger partial charge on any atom is -0.353 e. The normalized spacial score (nSPS) is 14.9. The number of amides is 1. The van der Waals surface area contributed by atoms with E-state index >= 15 is 0 Å². The second-order valence-electron chi connectivity index (χ2n) is 5.39. The molecule has 2 aromatic rings. The van der Waals surface area contributed by atoms with E-state index in [4.69, 9.17) is 11.6 Å². The second kappa shape index (κ2) is 6.50. The highest BCUT2D eigenvalue weighted by Gasteiger charge is 2.26. The number of halogens is 2. The summed E-state index contributed by atoms with van der Waals surface area (Å²) in [6.07, 6.45) is 1.53. The maximum absolute atomic E-state index is 13.9. The number of rotatable bonds is 2. The van der Waals surface area contributed by atoms with Gasteiger partial charge in [0, 0.05) is 37.9 Å². The van der Waals surface area contributed by atoms with E-state index in [1.165, 1.54) is 24.5 Å². The molecule has 0 aliphatic carbocycles. The van der Waals surface area contributed by atoms with Crippen LogP contribution < -0.4 is 4.90 Å². The van der Waals surface area contributed by atoms with Gasteiger partial charge in [-0.1, -0.05) is 17.7 Å². The molecule has 2 heterocycles. The summed E-state index contributed by atoms with van der Waals surface area (Å²) in [6.45, 7) is 4.16. The number of aromatic nitrogens is 2. The highest BCUT2D eigenvalue weighted by Crippen LogP contribution is 2.22. The lowest BCUT2D eigenvalue weighted by atomic mass is 10.1. The predicted molar refractivity (Wildman–Crippen MR) is 86.3 cm³/mol. The van der Waals surface area contributed by atoms with Crippen LogP contribution in [-0.4, -0.2) is 47.0 Å². The summed E-state index contributed by atoms with van der Waals surface area (Å²) in [7, 11) is 0. The summed E-state index contributed by atoms with van der Waals surface area (Å²) in [5.74, 6) is -0.114. The van der Waals surface area contributed by atoms with Gasteiger partial charge < -0.3 is 9.80 Å². The topological polar surface area (TPSA) is 49.3 Å². The number of benzene rings is 1. The molecule has 23 heavy (non-hydrogen) atoms. The highest BCUT2D eigenvalue weighted by molar-refractivity contribution is 6.33. The average molecular weight is 335 g/mol. The third-order valence-electron chi connectivity index (χ3n) is 3.86. The number of hydrogen-bond acceptors (Lipinski definition) is 4. The van der Waals surface area contributed by atoms with E-state index in [1.54, 1.807) is 4.90 Å². The number of aryl methyl sites for hydroxylation is 1. The Morgan fingerprint density at radius 1 is 1.22 bits per heavy atom. The molecule has 3 rings (SSSR count). The van der Waals surface area contributed by atoms with Crippen molar-refractivity contribution in [3.63, 3.8) is 0 Å². The first kappa shape index (κ1) is 15.7. The van der Waals surface area contributed by atoms with E-state index in [0.717, 1.165) is 11.5 Å². The zero-order valence-corrected chi connectivity index (χ0v) is 13.4. The van der Waals surface area contributed by atoms with Crippen LogP contribution in [0.5, 0.6) is 0 Å². The number of carbonyl (C=O) groups excluding carboxylic acids is 1. The quantitative estimate of drug-likeness (QED) is 0.847. The Kier molecular flexibility index (Phi) is 4.43. The molecule has 0 unspecified atom stereocenters. The second-order valence-corrected chi connectivity index (χ2v) is 5.80. The van der Waals surface area contributed by atoms with Crippen LogP contribution >= 0.6 is 11.6 Å². The molecule has 0 radical (unpaired) electrons. The Bertz CT molecular complexity index is 712. The molecule has 0 atom stereocenters. The van der Waals surface area contributed by atoms with E-state index < -0.39 is 5.82 Å². The molecule has 1 amide bonds. The van der Waals surface area contributed by atoms with Crippen molar-refractivity contribution < 1.29 is 9.18 Å². The molecule has 0 bridgehead atoms. The van der Waals surface area contributed by atoms with E-state index in [1.807, 2.05) is 13.0 Å². The molecular weight excluding hydrogens is 319 g/mol. The zero-order chi connectivity index (χ0) is 16.4. The van der Waals surface area contributed by atoms with Gasteiger partial charge in [-0.05, 0) is 19.1 Å². The fourth-order valence-corrected chi connectivity index (χ4v) is 2.86. The Hall–Kier alpha value is -2.21. The smallest absolute Gasteiger partial charge is 0.258 e. The molecule has 0 N–H and O–H groups in total. The number of nitrogens with zero attached hydrogens (tertiary/aromatic N) is 4. The molecule has 1 aromatic heterocycles. The van der Waals surface area contributed by atoms with Gasteiger partial charge in [0.15, 0.2) is 0 Å². The fourth-order valence-electron chi connectivity index (χ4n) is 2.61. The molecule has 120 valence electrons. The molecule has 0 saturated carbocycles. The van der Waals surface area contributed by atoms with Gasteiger partial charge in [0.2, 0.25) is 0 Å². The first-order valence-electron chi connectivity index (χ1n) is 7.33. The molecule has 1 fully saturated rings. The molecule has 1 aliphatic rings. The molecule has 7 heteroatoms. The molecular formula is C16H16ClFN4O. The third-order valence-corrected chi connectivity index (χ3v) is 4.17.